The Balaban J connectivity index is 1.61. The first-order valence-corrected chi connectivity index (χ1v) is 9.19. The predicted molar refractivity (Wildman–Crippen MR) is 106 cm³/mol. The molecule has 1 saturated heterocycles. The number of thiocarbonyl (C=S) groups is 1. The fourth-order valence-electron chi connectivity index (χ4n) is 2.71. The van der Waals surface area contributed by atoms with Crippen LogP contribution in [0.1, 0.15) is 5.56 Å². The lowest BCUT2D eigenvalue weighted by atomic mass is 10.2. The van der Waals surface area contributed by atoms with Crippen LogP contribution in [0.4, 0.5) is 24.7 Å². The van der Waals surface area contributed by atoms with Gasteiger partial charge in [0.25, 0.3) is 0 Å². The van der Waals surface area contributed by atoms with Crippen LogP contribution in [0.25, 0.3) is 0 Å². The van der Waals surface area contributed by atoms with Gasteiger partial charge in [0.1, 0.15) is 5.82 Å². The molecule has 27 heavy (non-hydrogen) atoms. The summed E-state index contributed by atoms with van der Waals surface area (Å²) >= 11 is 17.4. The molecule has 0 aliphatic carbocycles. The Morgan fingerprint density at radius 2 is 1.81 bits per heavy atom. The first-order chi connectivity index (χ1) is 12.7. The number of rotatable bonds is 2. The Labute approximate surface area is 169 Å². The largest absolute Gasteiger partial charge is 0.417 e. The molecule has 1 aliphatic rings. The number of alkyl halides is 3. The number of aromatic nitrogens is 1. The zero-order valence-corrected chi connectivity index (χ0v) is 16.3. The molecule has 2 aromatic rings. The van der Waals surface area contributed by atoms with E-state index < -0.39 is 11.7 Å². The molecule has 1 aliphatic heterocycles. The Hall–Kier alpha value is -1.77. The van der Waals surface area contributed by atoms with Gasteiger partial charge in [-0.25, -0.2) is 4.98 Å². The standard InChI is InChI=1S/C17H15Cl2F3N4S/c18-12-2-1-3-13(9-12)24-16(27)26-6-4-25(5-7-26)15-14(19)8-11(10-23-15)17(20,21)22/h1-3,8-10H,4-7H2,(H,24,27). The molecule has 0 radical (unpaired) electrons. The lowest BCUT2D eigenvalue weighted by Gasteiger charge is -2.37. The number of halogens is 5. The van der Waals surface area contributed by atoms with Gasteiger partial charge in [-0.15, -0.1) is 0 Å². The molecule has 144 valence electrons. The van der Waals surface area contributed by atoms with Crippen LogP contribution in [0.3, 0.4) is 0 Å². The molecule has 3 rings (SSSR count). The maximum Gasteiger partial charge on any atom is 0.417 e. The third kappa shape index (κ3) is 4.94. The van der Waals surface area contributed by atoms with Crippen molar-refractivity contribution in [1.82, 2.24) is 9.88 Å². The van der Waals surface area contributed by atoms with E-state index in [2.05, 4.69) is 10.3 Å². The van der Waals surface area contributed by atoms with Crippen LogP contribution < -0.4 is 10.2 Å². The molecule has 0 atom stereocenters. The normalized spacial score (nSPS) is 15.0. The summed E-state index contributed by atoms with van der Waals surface area (Å²) < 4.78 is 38.2. The average Bonchev–Trinajstić information content (AvgIpc) is 2.61. The first-order valence-electron chi connectivity index (χ1n) is 8.03. The average molecular weight is 435 g/mol. The molecule has 0 unspecified atom stereocenters. The fraction of sp³-hybridized carbons (Fsp3) is 0.294. The van der Waals surface area contributed by atoms with Crippen LogP contribution in [0.15, 0.2) is 36.5 Å². The molecule has 0 amide bonds. The number of nitrogens with zero attached hydrogens (tertiary/aromatic N) is 3. The number of piperazine rings is 1. The van der Waals surface area contributed by atoms with Crippen LogP contribution >= 0.6 is 35.4 Å². The van der Waals surface area contributed by atoms with Crippen molar-refractivity contribution in [1.29, 1.82) is 0 Å². The second-order valence-corrected chi connectivity index (χ2v) is 7.17. The fourth-order valence-corrected chi connectivity index (χ4v) is 3.49. The lowest BCUT2D eigenvalue weighted by molar-refractivity contribution is -0.137. The van der Waals surface area contributed by atoms with Crippen molar-refractivity contribution in [2.24, 2.45) is 0 Å². The Kier molecular flexibility index (Phi) is 5.98. The summed E-state index contributed by atoms with van der Waals surface area (Å²) in [4.78, 5) is 7.73. The molecule has 0 saturated carbocycles. The summed E-state index contributed by atoms with van der Waals surface area (Å²) in [6.07, 6.45) is -3.66. The molecule has 0 bridgehead atoms. The predicted octanol–water partition coefficient (Wildman–Crippen LogP) is 4.93. The Bertz CT molecular complexity index is 839. The second-order valence-electron chi connectivity index (χ2n) is 5.94. The van der Waals surface area contributed by atoms with Gasteiger partial charge in [-0.3, -0.25) is 0 Å². The van der Waals surface area contributed by atoms with Crippen molar-refractivity contribution in [3.63, 3.8) is 0 Å². The van der Waals surface area contributed by atoms with Gasteiger partial charge in [-0.2, -0.15) is 13.2 Å². The van der Waals surface area contributed by atoms with E-state index in [-0.39, 0.29) is 5.02 Å². The number of hydrogen-bond donors (Lipinski definition) is 1. The Morgan fingerprint density at radius 3 is 2.41 bits per heavy atom. The van der Waals surface area contributed by atoms with Gasteiger partial charge in [0, 0.05) is 43.1 Å². The van der Waals surface area contributed by atoms with Gasteiger partial charge in [0.05, 0.1) is 10.6 Å². The number of nitrogens with one attached hydrogen (secondary N) is 1. The highest BCUT2D eigenvalue weighted by Gasteiger charge is 2.32. The highest BCUT2D eigenvalue weighted by atomic mass is 35.5. The zero-order chi connectivity index (χ0) is 19.6. The van der Waals surface area contributed by atoms with E-state index in [1.165, 1.54) is 0 Å². The maximum absolute atomic E-state index is 12.7. The van der Waals surface area contributed by atoms with E-state index >= 15 is 0 Å². The van der Waals surface area contributed by atoms with Crippen molar-refractivity contribution in [2.75, 3.05) is 36.4 Å². The molecule has 4 nitrogen and oxygen atoms in total. The van der Waals surface area contributed by atoms with Crippen LogP contribution in [0.2, 0.25) is 10.0 Å². The van der Waals surface area contributed by atoms with E-state index in [1.54, 1.807) is 12.1 Å². The van der Waals surface area contributed by atoms with Gasteiger partial charge >= 0.3 is 6.18 Å². The SMILES string of the molecule is FC(F)(F)c1cnc(N2CCN(C(=S)Nc3cccc(Cl)c3)CC2)c(Cl)c1. The van der Waals surface area contributed by atoms with Crippen molar-refractivity contribution < 1.29 is 13.2 Å². The van der Waals surface area contributed by atoms with Gasteiger partial charge in [0.15, 0.2) is 5.11 Å². The highest BCUT2D eigenvalue weighted by molar-refractivity contribution is 7.80. The summed E-state index contributed by atoms with van der Waals surface area (Å²) in [5, 5.41) is 4.28. The lowest BCUT2D eigenvalue weighted by Crippen LogP contribution is -2.50. The van der Waals surface area contributed by atoms with Crippen molar-refractivity contribution in [2.45, 2.75) is 6.18 Å². The number of anilines is 2. The Morgan fingerprint density at radius 1 is 1.11 bits per heavy atom. The van der Waals surface area contributed by atoms with Crippen LogP contribution in [-0.4, -0.2) is 41.2 Å². The van der Waals surface area contributed by atoms with E-state index in [1.807, 2.05) is 21.9 Å². The summed E-state index contributed by atoms with van der Waals surface area (Å²) in [6, 6.07) is 8.14. The van der Waals surface area contributed by atoms with E-state index in [0.717, 1.165) is 18.0 Å². The van der Waals surface area contributed by atoms with Gasteiger partial charge in [-0.05, 0) is 36.5 Å². The summed E-state index contributed by atoms with van der Waals surface area (Å²) in [5.74, 6) is 0.345. The number of hydrogen-bond acceptors (Lipinski definition) is 3. The monoisotopic (exact) mass is 434 g/mol. The zero-order valence-electron chi connectivity index (χ0n) is 13.9. The number of pyridine rings is 1. The first kappa shape index (κ1) is 20.0. The van der Waals surface area contributed by atoms with Crippen molar-refractivity contribution in [3.05, 3.63) is 52.1 Å². The molecule has 1 fully saturated rings. The molecule has 1 aromatic heterocycles. The highest BCUT2D eigenvalue weighted by Crippen LogP contribution is 2.33. The number of benzene rings is 1. The van der Waals surface area contributed by atoms with E-state index in [0.29, 0.717) is 42.1 Å². The maximum atomic E-state index is 12.7. The van der Waals surface area contributed by atoms with Crippen LogP contribution in [0, 0.1) is 0 Å². The van der Waals surface area contributed by atoms with Crippen molar-refractivity contribution >= 4 is 52.0 Å². The summed E-state index contributed by atoms with van der Waals surface area (Å²) in [5.41, 5.74) is -0.0656. The molecule has 2 heterocycles. The van der Waals surface area contributed by atoms with E-state index in [4.69, 9.17) is 35.4 Å². The topological polar surface area (TPSA) is 31.4 Å². The molecule has 1 N–H and O–H groups in total. The molecular formula is C17H15Cl2F3N4S. The summed E-state index contributed by atoms with van der Waals surface area (Å²) in [6.45, 7) is 2.25. The van der Waals surface area contributed by atoms with Gasteiger partial charge in [0.2, 0.25) is 0 Å². The minimum atomic E-state index is -4.47. The van der Waals surface area contributed by atoms with Crippen molar-refractivity contribution in [3.8, 4) is 0 Å². The van der Waals surface area contributed by atoms with Crippen LogP contribution in [0.5, 0.6) is 0 Å². The molecule has 10 heteroatoms. The smallest absolute Gasteiger partial charge is 0.352 e. The third-order valence-corrected chi connectivity index (χ3v) is 4.96. The third-order valence-electron chi connectivity index (χ3n) is 4.09. The molecule has 1 aromatic carbocycles. The quantitative estimate of drug-likeness (QED) is 0.677. The van der Waals surface area contributed by atoms with Gasteiger partial charge in [-0.1, -0.05) is 29.3 Å². The van der Waals surface area contributed by atoms with Crippen LogP contribution in [-0.2, 0) is 6.18 Å². The summed E-state index contributed by atoms with van der Waals surface area (Å²) in [7, 11) is 0. The second kappa shape index (κ2) is 8.08. The van der Waals surface area contributed by atoms with Gasteiger partial charge < -0.3 is 15.1 Å². The molecular weight excluding hydrogens is 420 g/mol. The minimum absolute atomic E-state index is 0.0158. The minimum Gasteiger partial charge on any atom is -0.352 e. The van der Waals surface area contributed by atoms with E-state index in [9.17, 15) is 13.2 Å². The molecule has 0 spiro atoms.